The Morgan fingerprint density at radius 1 is 0.821 bits per heavy atom. The van der Waals surface area contributed by atoms with E-state index in [1.807, 2.05) is 0 Å². The number of carbonyl (C=O) groups is 2. The van der Waals surface area contributed by atoms with E-state index >= 15 is 0 Å². The SMILES string of the molecule is O=C(CO[P+](=O)OCC(=O)c1ccc2c(c1)CCO2)c1ccc2c(c1)CCO2. The number of carbonyl (C=O) groups excluding carboxylic acids is 2. The lowest BCUT2D eigenvalue weighted by molar-refractivity contribution is 0.0877. The largest absolute Gasteiger partial charge is 0.698 e. The average molecular weight is 401 g/mol. The van der Waals surface area contributed by atoms with Gasteiger partial charge in [0.25, 0.3) is 0 Å². The maximum Gasteiger partial charge on any atom is 0.698 e. The highest BCUT2D eigenvalue weighted by Crippen LogP contribution is 2.29. The van der Waals surface area contributed by atoms with E-state index in [9.17, 15) is 14.2 Å². The van der Waals surface area contributed by atoms with Gasteiger partial charge in [-0.25, -0.2) is 0 Å². The fraction of sp³-hybridized carbons (Fsp3) is 0.300. The number of ether oxygens (including phenoxy) is 2. The van der Waals surface area contributed by atoms with Crippen LogP contribution in [0.2, 0.25) is 0 Å². The first-order valence-electron chi connectivity index (χ1n) is 8.91. The van der Waals surface area contributed by atoms with Crippen molar-refractivity contribution >= 4 is 19.8 Å². The molecule has 0 fully saturated rings. The second kappa shape index (κ2) is 8.19. The van der Waals surface area contributed by atoms with Gasteiger partial charge in [0, 0.05) is 28.5 Å². The molecule has 0 unspecified atom stereocenters. The van der Waals surface area contributed by atoms with Gasteiger partial charge < -0.3 is 9.47 Å². The van der Waals surface area contributed by atoms with Crippen LogP contribution in [0.4, 0.5) is 0 Å². The molecular formula is C20H18O7P+. The van der Waals surface area contributed by atoms with E-state index in [2.05, 4.69) is 0 Å². The summed E-state index contributed by atoms with van der Waals surface area (Å²) < 4.78 is 32.6. The molecule has 0 radical (unpaired) electrons. The van der Waals surface area contributed by atoms with Crippen LogP contribution >= 0.6 is 8.25 Å². The molecule has 2 aliphatic heterocycles. The highest BCUT2D eigenvalue weighted by atomic mass is 31.1. The minimum Gasteiger partial charge on any atom is -0.493 e. The van der Waals surface area contributed by atoms with Crippen molar-refractivity contribution < 1.29 is 32.7 Å². The molecule has 2 aliphatic rings. The van der Waals surface area contributed by atoms with Crippen molar-refractivity contribution in [2.75, 3.05) is 26.4 Å². The van der Waals surface area contributed by atoms with Crippen molar-refractivity contribution in [3.8, 4) is 11.5 Å². The van der Waals surface area contributed by atoms with Crippen LogP contribution in [-0.4, -0.2) is 38.0 Å². The summed E-state index contributed by atoms with van der Waals surface area (Å²) in [7, 11) is -2.58. The van der Waals surface area contributed by atoms with E-state index in [0.29, 0.717) is 24.3 Å². The fourth-order valence-electron chi connectivity index (χ4n) is 3.15. The third-order valence-electron chi connectivity index (χ3n) is 4.62. The van der Waals surface area contributed by atoms with Crippen LogP contribution in [0.25, 0.3) is 0 Å². The smallest absolute Gasteiger partial charge is 0.493 e. The van der Waals surface area contributed by atoms with Gasteiger partial charge in [0.2, 0.25) is 0 Å². The molecule has 2 heterocycles. The topological polar surface area (TPSA) is 88.1 Å². The zero-order valence-corrected chi connectivity index (χ0v) is 15.9. The Morgan fingerprint density at radius 3 is 1.75 bits per heavy atom. The molecule has 0 atom stereocenters. The third-order valence-corrected chi connectivity index (χ3v) is 5.30. The van der Waals surface area contributed by atoms with Crippen molar-refractivity contribution in [3.05, 3.63) is 58.7 Å². The Labute approximate surface area is 162 Å². The zero-order valence-electron chi connectivity index (χ0n) is 15.0. The summed E-state index contributed by atoms with van der Waals surface area (Å²) in [5.74, 6) is 0.935. The van der Waals surface area contributed by atoms with E-state index in [0.717, 1.165) is 35.5 Å². The minimum atomic E-state index is -2.58. The van der Waals surface area contributed by atoms with E-state index in [1.165, 1.54) is 0 Å². The Hall–Kier alpha value is -2.60. The summed E-state index contributed by atoms with van der Waals surface area (Å²) in [5, 5.41) is 0. The summed E-state index contributed by atoms with van der Waals surface area (Å²) in [6, 6.07) is 10.3. The molecule has 0 saturated heterocycles. The molecular weight excluding hydrogens is 383 g/mol. The molecule has 0 amide bonds. The van der Waals surface area contributed by atoms with Gasteiger partial charge in [0.05, 0.1) is 13.2 Å². The summed E-state index contributed by atoms with van der Waals surface area (Å²) in [6.07, 6.45) is 1.51. The number of fused-ring (bicyclic) bond motifs is 2. The van der Waals surface area contributed by atoms with Gasteiger partial charge in [0.15, 0.2) is 24.8 Å². The minimum absolute atomic E-state index is 0.313. The molecule has 2 aromatic carbocycles. The molecule has 7 nitrogen and oxygen atoms in total. The van der Waals surface area contributed by atoms with Gasteiger partial charge in [-0.05, 0) is 47.5 Å². The van der Waals surface area contributed by atoms with Crippen LogP contribution in [0.3, 0.4) is 0 Å². The second-order valence-corrected chi connectivity index (χ2v) is 7.42. The molecule has 144 valence electrons. The van der Waals surface area contributed by atoms with Crippen molar-refractivity contribution in [1.82, 2.24) is 0 Å². The van der Waals surface area contributed by atoms with E-state index < -0.39 is 8.25 Å². The number of benzene rings is 2. The molecule has 0 spiro atoms. The molecule has 0 N–H and O–H groups in total. The van der Waals surface area contributed by atoms with Crippen LogP contribution < -0.4 is 9.47 Å². The predicted octanol–water partition coefficient (Wildman–Crippen LogP) is 3.31. The van der Waals surface area contributed by atoms with Gasteiger partial charge in [-0.3, -0.25) is 9.59 Å². The maximum atomic E-state index is 12.2. The fourth-order valence-corrected chi connectivity index (χ4v) is 3.67. The van der Waals surface area contributed by atoms with Gasteiger partial charge >= 0.3 is 8.25 Å². The molecule has 28 heavy (non-hydrogen) atoms. The van der Waals surface area contributed by atoms with E-state index in [-0.39, 0.29) is 24.8 Å². The van der Waals surface area contributed by atoms with Crippen LogP contribution in [0, 0.1) is 0 Å². The lowest BCUT2D eigenvalue weighted by Gasteiger charge is -2.02. The highest BCUT2D eigenvalue weighted by molar-refractivity contribution is 7.33. The number of rotatable bonds is 8. The molecule has 0 aliphatic carbocycles. The molecule has 8 heteroatoms. The lowest BCUT2D eigenvalue weighted by Crippen LogP contribution is -2.09. The van der Waals surface area contributed by atoms with Crippen molar-refractivity contribution in [3.63, 3.8) is 0 Å². The zero-order chi connectivity index (χ0) is 19.5. The number of hydrogen-bond acceptors (Lipinski definition) is 7. The van der Waals surface area contributed by atoms with Gasteiger partial charge in [-0.15, -0.1) is 9.05 Å². The summed E-state index contributed by atoms with van der Waals surface area (Å²) in [4.78, 5) is 24.4. The monoisotopic (exact) mass is 401 g/mol. The van der Waals surface area contributed by atoms with Crippen molar-refractivity contribution in [2.45, 2.75) is 12.8 Å². The normalized spacial score (nSPS) is 14.0. The molecule has 4 rings (SSSR count). The first-order valence-corrected chi connectivity index (χ1v) is 10.0. The average Bonchev–Trinajstić information content (AvgIpc) is 3.37. The predicted molar refractivity (Wildman–Crippen MR) is 99.5 cm³/mol. The first-order chi connectivity index (χ1) is 13.6. The van der Waals surface area contributed by atoms with Crippen LogP contribution in [0.1, 0.15) is 31.8 Å². The lowest BCUT2D eigenvalue weighted by atomic mass is 10.1. The number of hydrogen-bond donors (Lipinski definition) is 0. The van der Waals surface area contributed by atoms with Gasteiger partial charge in [0.1, 0.15) is 11.5 Å². The summed E-state index contributed by atoms with van der Waals surface area (Å²) >= 11 is 0. The summed E-state index contributed by atoms with van der Waals surface area (Å²) in [6.45, 7) is 0.432. The number of Topliss-reactive ketones (excluding diaryl/α,β-unsaturated/α-hetero) is 2. The second-order valence-electron chi connectivity index (χ2n) is 6.46. The Morgan fingerprint density at radius 2 is 1.29 bits per heavy atom. The van der Waals surface area contributed by atoms with Gasteiger partial charge in [-0.1, -0.05) is 0 Å². The highest BCUT2D eigenvalue weighted by Gasteiger charge is 2.26. The molecule has 2 aromatic rings. The Bertz CT molecular complexity index is 878. The first kappa shape index (κ1) is 18.7. The van der Waals surface area contributed by atoms with E-state index in [1.54, 1.807) is 36.4 Å². The van der Waals surface area contributed by atoms with Crippen LogP contribution in [0.15, 0.2) is 36.4 Å². The quantitative estimate of drug-likeness (QED) is 0.495. The maximum absolute atomic E-state index is 12.2. The Balaban J connectivity index is 1.25. The van der Waals surface area contributed by atoms with Crippen LogP contribution in [-0.2, 0) is 26.5 Å². The standard InChI is InChI=1S/C20H18O7P/c21-17(13-1-3-19-15(9-13)5-7-24-19)11-26-28(23)27-12-18(22)14-2-4-20-16(10-14)6-8-25-20/h1-4,9-10H,5-8,11-12H2/q+1. The molecule has 0 bridgehead atoms. The van der Waals surface area contributed by atoms with Gasteiger partial charge in [-0.2, -0.15) is 0 Å². The molecule has 0 saturated carbocycles. The third kappa shape index (κ3) is 4.12. The molecule has 0 aromatic heterocycles. The number of ketones is 2. The Kier molecular flexibility index (Phi) is 5.48. The van der Waals surface area contributed by atoms with E-state index in [4.69, 9.17) is 18.5 Å². The van der Waals surface area contributed by atoms with Crippen LogP contribution in [0.5, 0.6) is 11.5 Å². The van der Waals surface area contributed by atoms with Crippen molar-refractivity contribution in [1.29, 1.82) is 0 Å². The van der Waals surface area contributed by atoms with Crippen molar-refractivity contribution in [2.24, 2.45) is 0 Å². The summed E-state index contributed by atoms with van der Waals surface area (Å²) in [5.41, 5.74) is 2.86.